The Morgan fingerprint density at radius 2 is 1.70 bits per heavy atom. The molecule has 0 aliphatic heterocycles. The molecular weight excluding hydrogens is 348 g/mol. The Bertz CT molecular complexity index is 1480. The average Bonchev–Trinajstić information content (AvgIpc) is 3.23. The van der Waals surface area contributed by atoms with Crippen LogP contribution in [0, 0.1) is 0 Å². The molecule has 27 heavy (non-hydrogen) atoms. The summed E-state index contributed by atoms with van der Waals surface area (Å²) >= 11 is 0. The van der Waals surface area contributed by atoms with Gasteiger partial charge in [0.25, 0.3) is 11.5 Å². The fraction of sp³-hybridized carbons (Fsp3) is 0. The number of carbonyl (C=O) groups is 1. The molecule has 5 rings (SSSR count). The lowest BCUT2D eigenvalue weighted by atomic mass is 10.1. The van der Waals surface area contributed by atoms with Crippen molar-refractivity contribution in [3.63, 3.8) is 0 Å². The van der Waals surface area contributed by atoms with Gasteiger partial charge < -0.3 is 8.94 Å². The molecule has 7 nitrogen and oxygen atoms in total. The minimum absolute atomic E-state index is 0.103. The Morgan fingerprint density at radius 1 is 0.963 bits per heavy atom. The fourth-order valence-electron chi connectivity index (χ4n) is 3.25. The van der Waals surface area contributed by atoms with Gasteiger partial charge in [-0.05, 0) is 24.3 Å². The van der Waals surface area contributed by atoms with E-state index in [-0.39, 0.29) is 21.9 Å². The third-order valence-electron chi connectivity index (χ3n) is 4.49. The van der Waals surface area contributed by atoms with Crippen LogP contribution in [0.4, 0.5) is 0 Å². The zero-order valence-electron chi connectivity index (χ0n) is 13.7. The van der Waals surface area contributed by atoms with Gasteiger partial charge in [-0.2, -0.15) is 0 Å². The number of fused-ring (bicyclic) bond motifs is 4. The largest absolute Gasteiger partial charge is 0.455 e. The van der Waals surface area contributed by atoms with Crippen LogP contribution in [0.15, 0.2) is 79.5 Å². The molecule has 0 saturated heterocycles. The van der Waals surface area contributed by atoms with Crippen LogP contribution in [0.25, 0.3) is 32.8 Å². The quantitative estimate of drug-likeness (QED) is 0.338. The highest BCUT2D eigenvalue weighted by Gasteiger charge is 2.22. The molecule has 130 valence electrons. The Hall–Kier alpha value is -4.00. The summed E-state index contributed by atoms with van der Waals surface area (Å²) in [6.07, 6.45) is 2.37. The van der Waals surface area contributed by atoms with E-state index in [0.29, 0.717) is 16.5 Å². The van der Waals surface area contributed by atoms with Gasteiger partial charge in [-0.3, -0.25) is 14.4 Å². The maximum Gasteiger partial charge on any atom is 0.273 e. The molecule has 0 bridgehead atoms. The second-order valence-electron chi connectivity index (χ2n) is 6.01. The molecule has 0 radical (unpaired) electrons. The molecule has 0 spiro atoms. The topological polar surface area (TPSA) is 95.3 Å². The van der Waals surface area contributed by atoms with E-state index < -0.39 is 16.9 Å². The van der Waals surface area contributed by atoms with Crippen molar-refractivity contribution in [3.8, 4) is 0 Å². The minimum Gasteiger partial charge on any atom is -0.455 e. The zero-order chi connectivity index (χ0) is 18.5. The summed E-state index contributed by atoms with van der Waals surface area (Å²) < 4.78 is 11.6. The number of carbonyl (C=O) groups excluding carboxylic acids is 1. The summed E-state index contributed by atoms with van der Waals surface area (Å²) in [7, 11) is 0. The molecule has 0 fully saturated rings. The lowest BCUT2D eigenvalue weighted by molar-refractivity contribution is 0.0961. The summed E-state index contributed by atoms with van der Waals surface area (Å²) in [5, 5.41) is 4.10. The van der Waals surface area contributed by atoms with Crippen LogP contribution >= 0.6 is 0 Å². The van der Waals surface area contributed by atoms with Crippen molar-refractivity contribution < 1.29 is 13.7 Å². The molecule has 3 heterocycles. The third kappa shape index (κ3) is 2.08. The lowest BCUT2D eigenvalue weighted by Crippen LogP contribution is -2.30. The van der Waals surface area contributed by atoms with Crippen molar-refractivity contribution in [2.45, 2.75) is 0 Å². The summed E-state index contributed by atoms with van der Waals surface area (Å²) in [5.41, 5.74) is -0.244. The van der Waals surface area contributed by atoms with Gasteiger partial charge in [0.05, 0.1) is 22.7 Å². The smallest absolute Gasteiger partial charge is 0.273 e. The number of aromatic nitrogens is 2. The Balaban J connectivity index is 2.05. The van der Waals surface area contributed by atoms with Crippen LogP contribution in [0.2, 0.25) is 0 Å². The molecular formula is C20H10N2O5. The van der Waals surface area contributed by atoms with Crippen LogP contribution < -0.4 is 11.0 Å². The van der Waals surface area contributed by atoms with Crippen molar-refractivity contribution in [1.82, 2.24) is 9.72 Å². The van der Waals surface area contributed by atoms with Gasteiger partial charge in [0.2, 0.25) is 5.43 Å². The van der Waals surface area contributed by atoms with Crippen molar-refractivity contribution in [2.75, 3.05) is 0 Å². The molecule has 5 aromatic rings. The highest BCUT2D eigenvalue weighted by Crippen LogP contribution is 2.25. The number of hydrogen-bond donors (Lipinski definition) is 0. The van der Waals surface area contributed by atoms with Gasteiger partial charge in [-0.25, -0.2) is 4.57 Å². The molecule has 0 aliphatic rings. The van der Waals surface area contributed by atoms with Gasteiger partial charge in [-0.1, -0.05) is 29.4 Å². The Morgan fingerprint density at radius 3 is 2.48 bits per heavy atom. The molecule has 0 aliphatic carbocycles. The first kappa shape index (κ1) is 15.3. The van der Waals surface area contributed by atoms with Crippen molar-refractivity contribution in [1.29, 1.82) is 0 Å². The monoisotopic (exact) mass is 358 g/mol. The number of para-hydroxylation sites is 2. The molecule has 2 aromatic carbocycles. The van der Waals surface area contributed by atoms with Crippen LogP contribution in [0.5, 0.6) is 0 Å². The molecule has 0 saturated carbocycles. The number of hydrogen-bond acceptors (Lipinski definition) is 6. The maximum atomic E-state index is 13.2. The standard InChI is InChI=1S/C20H10N2O5/c23-17-13-6-2-4-8-15(13)27-18-12-5-1-3-7-14(12)22(20(25)16(17)18)19(24)11-9-21-26-10-11/h1-10H. The second-order valence-corrected chi connectivity index (χ2v) is 6.01. The SMILES string of the molecule is O=C(c1cnoc1)n1c(=O)c2c(=O)c3ccccc3oc2c2ccccc21. The number of rotatable bonds is 1. The predicted octanol–water partition coefficient (Wildman–Crippen LogP) is 2.94. The van der Waals surface area contributed by atoms with E-state index in [0.717, 1.165) is 10.8 Å². The summed E-state index contributed by atoms with van der Waals surface area (Å²) in [5.74, 6) is -0.632. The number of benzene rings is 2. The van der Waals surface area contributed by atoms with Crippen molar-refractivity contribution in [2.24, 2.45) is 0 Å². The summed E-state index contributed by atoms with van der Waals surface area (Å²) in [6.45, 7) is 0. The molecule has 0 amide bonds. The van der Waals surface area contributed by atoms with Gasteiger partial charge >= 0.3 is 0 Å². The lowest BCUT2D eigenvalue weighted by Gasteiger charge is -2.10. The van der Waals surface area contributed by atoms with E-state index in [1.807, 2.05) is 0 Å². The van der Waals surface area contributed by atoms with Crippen LogP contribution in [0.1, 0.15) is 10.4 Å². The molecule has 7 heteroatoms. The first-order chi connectivity index (χ1) is 13.2. The first-order valence-electron chi connectivity index (χ1n) is 8.10. The zero-order valence-corrected chi connectivity index (χ0v) is 13.7. The van der Waals surface area contributed by atoms with Crippen LogP contribution in [-0.4, -0.2) is 15.6 Å². The predicted molar refractivity (Wildman–Crippen MR) is 98.0 cm³/mol. The third-order valence-corrected chi connectivity index (χ3v) is 4.49. The average molecular weight is 358 g/mol. The Kier molecular flexibility index (Phi) is 3.11. The fourth-order valence-corrected chi connectivity index (χ4v) is 3.25. The van der Waals surface area contributed by atoms with Crippen LogP contribution in [-0.2, 0) is 0 Å². The molecule has 0 N–H and O–H groups in total. The highest BCUT2D eigenvalue weighted by atomic mass is 16.5. The number of pyridine rings is 1. The van der Waals surface area contributed by atoms with Gasteiger partial charge in [0.1, 0.15) is 17.2 Å². The maximum absolute atomic E-state index is 13.2. The summed E-state index contributed by atoms with van der Waals surface area (Å²) in [4.78, 5) is 39.1. The summed E-state index contributed by atoms with van der Waals surface area (Å²) in [6, 6.07) is 13.5. The molecule has 3 aromatic heterocycles. The van der Waals surface area contributed by atoms with Crippen LogP contribution in [0.3, 0.4) is 0 Å². The van der Waals surface area contributed by atoms with E-state index >= 15 is 0 Å². The molecule has 0 unspecified atom stereocenters. The van der Waals surface area contributed by atoms with Gasteiger partial charge in [-0.15, -0.1) is 0 Å². The number of nitrogens with zero attached hydrogens (tertiary/aromatic N) is 2. The normalized spacial score (nSPS) is 11.4. The Labute approximate surface area is 150 Å². The van der Waals surface area contributed by atoms with Gasteiger partial charge in [0.15, 0.2) is 5.58 Å². The van der Waals surface area contributed by atoms with Crippen molar-refractivity contribution >= 4 is 38.7 Å². The second kappa shape index (κ2) is 5.50. The van der Waals surface area contributed by atoms with E-state index in [4.69, 9.17) is 8.94 Å². The van der Waals surface area contributed by atoms with E-state index in [9.17, 15) is 14.4 Å². The van der Waals surface area contributed by atoms with Gasteiger partial charge in [0, 0.05) is 5.39 Å². The highest BCUT2D eigenvalue weighted by molar-refractivity contribution is 6.10. The van der Waals surface area contributed by atoms with E-state index in [2.05, 4.69) is 5.16 Å². The van der Waals surface area contributed by atoms with Crippen molar-refractivity contribution in [3.05, 3.63) is 87.1 Å². The van der Waals surface area contributed by atoms with E-state index in [1.165, 1.54) is 6.20 Å². The minimum atomic E-state index is -0.741. The van der Waals surface area contributed by atoms with E-state index in [1.54, 1.807) is 48.5 Å². The first-order valence-corrected chi connectivity index (χ1v) is 8.10. The molecule has 0 atom stereocenters.